The molecule has 0 bridgehead atoms. The molecule has 5 heteroatoms. The summed E-state index contributed by atoms with van der Waals surface area (Å²) in [5.74, 6) is 0. The Morgan fingerprint density at radius 1 is 1.14 bits per heavy atom. The number of rotatable bonds is 4. The van der Waals surface area contributed by atoms with E-state index < -0.39 is 0 Å². The number of carbonyl (C=O) groups is 1. The van der Waals surface area contributed by atoms with Crippen molar-refractivity contribution in [3.8, 4) is 0 Å². The molecule has 0 unspecified atom stereocenters. The van der Waals surface area contributed by atoms with Crippen molar-refractivity contribution in [3.63, 3.8) is 0 Å². The number of urea groups is 1. The van der Waals surface area contributed by atoms with Crippen LogP contribution in [0.3, 0.4) is 0 Å². The zero-order valence-corrected chi connectivity index (χ0v) is 13.1. The normalized spacial score (nSPS) is 15.3. The summed E-state index contributed by atoms with van der Waals surface area (Å²) < 4.78 is 0. The standard InChI is InChI=1S/C16H23N3OS/c17-15(21)10-13-19(14-8-4-3-5-9-14)16(20)18-11-6-1-2-7-12-18/h3-5,8-9H,1-2,6-7,10-13H2,(H2,17,21). The first-order chi connectivity index (χ1) is 10.2. The van der Waals surface area contributed by atoms with Crippen LogP contribution < -0.4 is 10.6 Å². The van der Waals surface area contributed by atoms with Crippen LogP contribution >= 0.6 is 12.2 Å². The monoisotopic (exact) mass is 305 g/mol. The van der Waals surface area contributed by atoms with Gasteiger partial charge in [0.05, 0.1) is 4.99 Å². The highest BCUT2D eigenvalue weighted by Crippen LogP contribution is 2.18. The molecule has 0 atom stereocenters. The highest BCUT2D eigenvalue weighted by atomic mass is 32.1. The number of amides is 2. The second-order valence-electron chi connectivity index (χ2n) is 5.39. The summed E-state index contributed by atoms with van der Waals surface area (Å²) in [6.07, 6.45) is 5.14. The topological polar surface area (TPSA) is 49.6 Å². The lowest BCUT2D eigenvalue weighted by Gasteiger charge is -2.30. The molecule has 4 nitrogen and oxygen atoms in total. The van der Waals surface area contributed by atoms with Gasteiger partial charge in [-0.25, -0.2) is 4.79 Å². The van der Waals surface area contributed by atoms with Crippen LogP contribution in [0.5, 0.6) is 0 Å². The van der Waals surface area contributed by atoms with Crippen molar-refractivity contribution in [2.75, 3.05) is 24.5 Å². The molecule has 0 radical (unpaired) electrons. The molecule has 21 heavy (non-hydrogen) atoms. The third-order valence-corrected chi connectivity index (χ3v) is 3.96. The number of para-hydroxylation sites is 1. The predicted octanol–water partition coefficient (Wildman–Crippen LogP) is 3.17. The summed E-state index contributed by atoms with van der Waals surface area (Å²) in [7, 11) is 0. The van der Waals surface area contributed by atoms with Crippen LogP contribution in [0.2, 0.25) is 0 Å². The zero-order valence-electron chi connectivity index (χ0n) is 12.3. The molecule has 1 aliphatic heterocycles. The second kappa shape index (κ2) is 7.98. The molecule has 1 aliphatic rings. The maximum atomic E-state index is 12.8. The fourth-order valence-electron chi connectivity index (χ4n) is 2.60. The van der Waals surface area contributed by atoms with E-state index in [1.54, 1.807) is 4.90 Å². The van der Waals surface area contributed by atoms with Crippen molar-refractivity contribution in [1.29, 1.82) is 0 Å². The molecular weight excluding hydrogens is 282 g/mol. The first-order valence-corrected chi connectivity index (χ1v) is 7.99. The highest BCUT2D eigenvalue weighted by Gasteiger charge is 2.22. The van der Waals surface area contributed by atoms with Gasteiger partial charge in [-0.3, -0.25) is 4.90 Å². The third kappa shape index (κ3) is 4.70. The largest absolute Gasteiger partial charge is 0.393 e. The molecule has 0 aliphatic carbocycles. The summed E-state index contributed by atoms with van der Waals surface area (Å²) >= 11 is 4.95. The zero-order chi connectivity index (χ0) is 15.1. The Bertz CT molecular complexity index is 470. The molecule has 1 heterocycles. The molecular formula is C16H23N3OS. The van der Waals surface area contributed by atoms with Gasteiger partial charge in [0.25, 0.3) is 0 Å². The lowest BCUT2D eigenvalue weighted by molar-refractivity contribution is 0.206. The minimum absolute atomic E-state index is 0.0688. The molecule has 2 rings (SSSR count). The van der Waals surface area contributed by atoms with Gasteiger partial charge >= 0.3 is 6.03 Å². The van der Waals surface area contributed by atoms with Crippen molar-refractivity contribution in [1.82, 2.24) is 4.90 Å². The van der Waals surface area contributed by atoms with Crippen molar-refractivity contribution >= 4 is 28.9 Å². The molecule has 2 amide bonds. The molecule has 0 saturated carbocycles. The number of hydrogen-bond donors (Lipinski definition) is 1. The number of likely N-dealkylation sites (tertiary alicyclic amines) is 1. The molecule has 114 valence electrons. The summed E-state index contributed by atoms with van der Waals surface area (Å²) in [5, 5.41) is 0. The first-order valence-electron chi connectivity index (χ1n) is 7.58. The van der Waals surface area contributed by atoms with Gasteiger partial charge in [-0.05, 0) is 25.0 Å². The number of anilines is 1. The smallest absolute Gasteiger partial charge is 0.324 e. The van der Waals surface area contributed by atoms with Crippen LogP contribution in [0.15, 0.2) is 30.3 Å². The van der Waals surface area contributed by atoms with Crippen LogP contribution in [-0.2, 0) is 0 Å². The van der Waals surface area contributed by atoms with Crippen LogP contribution in [-0.4, -0.2) is 35.6 Å². The third-order valence-electron chi connectivity index (χ3n) is 3.76. The number of thiocarbonyl (C=S) groups is 1. The fraction of sp³-hybridized carbons (Fsp3) is 0.500. The number of benzene rings is 1. The van der Waals surface area contributed by atoms with E-state index in [2.05, 4.69) is 0 Å². The predicted molar refractivity (Wildman–Crippen MR) is 90.6 cm³/mol. The summed E-state index contributed by atoms with van der Waals surface area (Å²) in [4.78, 5) is 17.0. The van der Waals surface area contributed by atoms with E-state index in [-0.39, 0.29) is 6.03 Å². The summed E-state index contributed by atoms with van der Waals surface area (Å²) in [5.41, 5.74) is 6.51. The van der Waals surface area contributed by atoms with Gasteiger partial charge in [0.1, 0.15) is 0 Å². The van der Waals surface area contributed by atoms with E-state index in [0.717, 1.165) is 31.6 Å². The van der Waals surface area contributed by atoms with E-state index in [0.29, 0.717) is 18.0 Å². The Morgan fingerprint density at radius 3 is 2.33 bits per heavy atom. The molecule has 0 spiro atoms. The Kier molecular flexibility index (Phi) is 5.99. The molecule has 0 aromatic heterocycles. The van der Waals surface area contributed by atoms with E-state index in [1.807, 2.05) is 35.2 Å². The molecule has 1 aromatic rings. The average Bonchev–Trinajstić information content (AvgIpc) is 2.77. The highest BCUT2D eigenvalue weighted by molar-refractivity contribution is 7.80. The van der Waals surface area contributed by atoms with E-state index in [9.17, 15) is 4.79 Å². The number of hydrogen-bond acceptors (Lipinski definition) is 2. The van der Waals surface area contributed by atoms with Crippen LogP contribution in [0.25, 0.3) is 0 Å². The van der Waals surface area contributed by atoms with Crippen LogP contribution in [0, 0.1) is 0 Å². The van der Waals surface area contributed by atoms with Crippen molar-refractivity contribution in [2.24, 2.45) is 5.73 Å². The maximum Gasteiger partial charge on any atom is 0.324 e. The van der Waals surface area contributed by atoms with Gasteiger partial charge in [0.15, 0.2) is 0 Å². The number of nitrogens with zero attached hydrogens (tertiary/aromatic N) is 2. The maximum absolute atomic E-state index is 12.8. The Morgan fingerprint density at radius 2 is 1.76 bits per heavy atom. The van der Waals surface area contributed by atoms with Crippen LogP contribution in [0.1, 0.15) is 32.1 Å². The average molecular weight is 305 g/mol. The number of carbonyl (C=O) groups excluding carboxylic acids is 1. The molecule has 1 saturated heterocycles. The molecule has 2 N–H and O–H groups in total. The lowest BCUT2D eigenvalue weighted by Crippen LogP contribution is -2.45. The first kappa shape index (κ1) is 15.8. The Labute approximate surface area is 131 Å². The van der Waals surface area contributed by atoms with Crippen molar-refractivity contribution in [3.05, 3.63) is 30.3 Å². The van der Waals surface area contributed by atoms with Gasteiger partial charge in [-0.2, -0.15) is 0 Å². The van der Waals surface area contributed by atoms with Gasteiger partial charge in [-0.15, -0.1) is 0 Å². The number of nitrogens with two attached hydrogens (primary N) is 1. The summed E-state index contributed by atoms with van der Waals surface area (Å²) in [6, 6.07) is 9.81. The lowest BCUT2D eigenvalue weighted by atomic mass is 10.2. The van der Waals surface area contributed by atoms with Gasteiger partial charge in [0, 0.05) is 31.7 Å². The Balaban J connectivity index is 2.13. The van der Waals surface area contributed by atoms with Crippen molar-refractivity contribution in [2.45, 2.75) is 32.1 Å². The summed E-state index contributed by atoms with van der Waals surface area (Å²) in [6.45, 7) is 2.22. The fourth-order valence-corrected chi connectivity index (χ4v) is 2.69. The SMILES string of the molecule is NC(=S)CCN(C(=O)N1CCCCCC1)c1ccccc1. The second-order valence-corrected chi connectivity index (χ2v) is 5.91. The minimum atomic E-state index is 0.0688. The van der Waals surface area contributed by atoms with E-state index in [4.69, 9.17) is 18.0 Å². The van der Waals surface area contributed by atoms with Gasteiger partial charge in [0.2, 0.25) is 0 Å². The minimum Gasteiger partial charge on any atom is -0.393 e. The van der Waals surface area contributed by atoms with Gasteiger partial charge in [-0.1, -0.05) is 43.3 Å². The molecule has 1 fully saturated rings. The Hall–Kier alpha value is -1.62. The van der Waals surface area contributed by atoms with E-state index >= 15 is 0 Å². The quantitative estimate of drug-likeness (QED) is 0.869. The van der Waals surface area contributed by atoms with E-state index in [1.165, 1.54) is 12.8 Å². The molecule has 1 aromatic carbocycles. The van der Waals surface area contributed by atoms with Gasteiger partial charge < -0.3 is 10.6 Å². The van der Waals surface area contributed by atoms with Crippen molar-refractivity contribution < 1.29 is 4.79 Å². The van der Waals surface area contributed by atoms with Crippen LogP contribution in [0.4, 0.5) is 10.5 Å².